The van der Waals surface area contributed by atoms with E-state index in [9.17, 15) is 9.90 Å². The van der Waals surface area contributed by atoms with Crippen LogP contribution in [-0.2, 0) is 6.54 Å². The molecule has 3 rings (SSSR count). The second-order valence-corrected chi connectivity index (χ2v) is 6.84. The van der Waals surface area contributed by atoms with Crippen LogP contribution in [0.3, 0.4) is 0 Å². The number of nitrogens with zero attached hydrogens (tertiary/aromatic N) is 4. The second kappa shape index (κ2) is 7.11. The maximum atomic E-state index is 12.2. The molecule has 0 unspecified atom stereocenters. The number of aromatic nitrogens is 3. The topological polar surface area (TPSA) is 70.7 Å². The van der Waals surface area contributed by atoms with Crippen LogP contribution in [0.15, 0.2) is 41.2 Å². The summed E-state index contributed by atoms with van der Waals surface area (Å²) in [4.78, 5) is 19.4. The van der Waals surface area contributed by atoms with Crippen molar-refractivity contribution in [1.82, 2.24) is 14.6 Å². The molecule has 0 saturated heterocycles. The van der Waals surface area contributed by atoms with Gasteiger partial charge < -0.3 is 10.0 Å². The largest absolute Gasteiger partial charge is 0.391 e. The molecule has 6 nitrogen and oxygen atoms in total. The highest BCUT2D eigenvalue weighted by Gasteiger charge is 2.14. The van der Waals surface area contributed by atoms with E-state index < -0.39 is 6.10 Å². The van der Waals surface area contributed by atoms with E-state index in [4.69, 9.17) is 0 Å². The van der Waals surface area contributed by atoms with Crippen LogP contribution in [0, 0.1) is 6.92 Å². The lowest BCUT2D eigenvalue weighted by molar-refractivity contribution is 0.175. The van der Waals surface area contributed by atoms with E-state index >= 15 is 0 Å². The van der Waals surface area contributed by atoms with Gasteiger partial charge in [0.25, 0.3) is 5.56 Å². The molecule has 1 atom stereocenters. The van der Waals surface area contributed by atoms with Gasteiger partial charge in [-0.2, -0.15) is 9.61 Å². The summed E-state index contributed by atoms with van der Waals surface area (Å²) >= 11 is 1.39. The molecule has 1 N–H and O–H groups in total. The molecule has 0 aliphatic carbocycles. The van der Waals surface area contributed by atoms with E-state index in [1.807, 2.05) is 49.1 Å². The van der Waals surface area contributed by atoms with Gasteiger partial charge in [-0.05, 0) is 25.5 Å². The predicted molar refractivity (Wildman–Crippen MR) is 95.7 cm³/mol. The van der Waals surface area contributed by atoms with Crippen molar-refractivity contribution in [2.24, 2.45) is 0 Å². The Morgan fingerprint density at radius 2 is 2.08 bits per heavy atom. The van der Waals surface area contributed by atoms with Gasteiger partial charge in [-0.3, -0.25) is 4.79 Å². The summed E-state index contributed by atoms with van der Waals surface area (Å²) in [5.41, 5.74) is 1.49. The molecular weight excluding hydrogens is 324 g/mol. The zero-order chi connectivity index (χ0) is 17.1. The summed E-state index contributed by atoms with van der Waals surface area (Å²) in [6.45, 7) is 4.75. The summed E-state index contributed by atoms with van der Waals surface area (Å²) in [7, 11) is 0. The SMILES string of the molecule is CC[C@@H](O)CN(Cc1cc(=O)n2nc(C)sc2n1)c1ccccc1. The third-order valence-electron chi connectivity index (χ3n) is 3.78. The molecule has 1 aromatic carbocycles. The van der Waals surface area contributed by atoms with Crippen LogP contribution in [-0.4, -0.2) is 32.4 Å². The summed E-state index contributed by atoms with van der Waals surface area (Å²) in [6, 6.07) is 11.4. The number of hydrogen-bond acceptors (Lipinski definition) is 6. The molecule has 0 spiro atoms. The summed E-state index contributed by atoms with van der Waals surface area (Å²) < 4.78 is 1.33. The van der Waals surface area contributed by atoms with E-state index in [-0.39, 0.29) is 5.56 Å². The zero-order valence-corrected chi connectivity index (χ0v) is 14.5. The molecule has 0 aliphatic heterocycles. The summed E-state index contributed by atoms with van der Waals surface area (Å²) in [5.74, 6) is 0. The first-order valence-electron chi connectivity index (χ1n) is 7.91. The maximum Gasteiger partial charge on any atom is 0.275 e. The van der Waals surface area contributed by atoms with Crippen LogP contribution >= 0.6 is 11.3 Å². The Hall–Kier alpha value is -2.25. The molecular formula is C17H20N4O2S. The standard InChI is InChI=1S/C17H20N4O2S/c1-3-15(22)11-20(14-7-5-4-6-8-14)10-13-9-16(23)21-17(18-13)24-12(2)19-21/h4-9,15,22H,3,10-11H2,1-2H3/t15-/m1/s1. The molecule has 3 aromatic rings. The first-order valence-corrected chi connectivity index (χ1v) is 8.73. The predicted octanol–water partition coefficient (Wildman–Crippen LogP) is 2.24. The number of para-hydroxylation sites is 1. The van der Waals surface area contributed by atoms with Crippen molar-refractivity contribution in [2.75, 3.05) is 11.4 Å². The second-order valence-electron chi connectivity index (χ2n) is 5.68. The van der Waals surface area contributed by atoms with Crippen molar-refractivity contribution < 1.29 is 5.11 Å². The van der Waals surface area contributed by atoms with Gasteiger partial charge in [0, 0.05) is 18.3 Å². The normalized spacial score (nSPS) is 12.5. The van der Waals surface area contributed by atoms with Gasteiger partial charge in [-0.25, -0.2) is 4.98 Å². The lowest BCUT2D eigenvalue weighted by atomic mass is 10.2. The highest BCUT2D eigenvalue weighted by Crippen LogP contribution is 2.18. The van der Waals surface area contributed by atoms with Gasteiger partial charge in [-0.15, -0.1) is 0 Å². The minimum Gasteiger partial charge on any atom is -0.391 e. The Morgan fingerprint density at radius 1 is 1.33 bits per heavy atom. The Morgan fingerprint density at radius 3 is 2.79 bits per heavy atom. The molecule has 0 amide bonds. The quantitative estimate of drug-likeness (QED) is 0.742. The average molecular weight is 344 g/mol. The van der Waals surface area contributed by atoms with Crippen molar-refractivity contribution in [3.05, 3.63) is 57.5 Å². The Bertz CT molecular complexity index is 875. The van der Waals surface area contributed by atoms with E-state index in [1.165, 1.54) is 21.9 Å². The monoisotopic (exact) mass is 344 g/mol. The molecule has 0 bridgehead atoms. The van der Waals surface area contributed by atoms with Gasteiger partial charge in [0.1, 0.15) is 5.01 Å². The van der Waals surface area contributed by atoms with E-state index in [0.29, 0.717) is 30.2 Å². The molecule has 2 aromatic heterocycles. The minimum atomic E-state index is -0.430. The van der Waals surface area contributed by atoms with Crippen LogP contribution in [0.5, 0.6) is 0 Å². The van der Waals surface area contributed by atoms with Gasteiger partial charge >= 0.3 is 0 Å². The number of hydrogen-bond donors (Lipinski definition) is 1. The van der Waals surface area contributed by atoms with E-state index in [1.54, 1.807) is 0 Å². The molecule has 0 radical (unpaired) electrons. The molecule has 0 saturated carbocycles. The Kier molecular flexibility index (Phi) is 4.92. The first kappa shape index (κ1) is 16.6. The van der Waals surface area contributed by atoms with Crippen molar-refractivity contribution in [1.29, 1.82) is 0 Å². The molecule has 126 valence electrons. The number of anilines is 1. The fourth-order valence-electron chi connectivity index (χ4n) is 2.51. The molecule has 0 aliphatic rings. The fourth-order valence-corrected chi connectivity index (χ4v) is 3.28. The van der Waals surface area contributed by atoms with Crippen LogP contribution in [0.25, 0.3) is 4.96 Å². The Balaban J connectivity index is 1.93. The van der Waals surface area contributed by atoms with Crippen LogP contribution in [0.1, 0.15) is 24.0 Å². The first-order chi connectivity index (χ1) is 11.6. The van der Waals surface area contributed by atoms with Crippen LogP contribution in [0.2, 0.25) is 0 Å². The van der Waals surface area contributed by atoms with Gasteiger partial charge in [0.15, 0.2) is 0 Å². The van der Waals surface area contributed by atoms with Crippen LogP contribution in [0.4, 0.5) is 5.69 Å². The van der Waals surface area contributed by atoms with Gasteiger partial charge in [0.2, 0.25) is 4.96 Å². The van der Waals surface area contributed by atoms with Crippen molar-refractivity contribution in [3.8, 4) is 0 Å². The number of aliphatic hydroxyl groups excluding tert-OH is 1. The third-order valence-corrected chi connectivity index (χ3v) is 4.60. The smallest absolute Gasteiger partial charge is 0.275 e. The molecule has 0 fully saturated rings. The highest BCUT2D eigenvalue weighted by atomic mass is 32.1. The van der Waals surface area contributed by atoms with Crippen molar-refractivity contribution in [2.45, 2.75) is 32.9 Å². The summed E-state index contributed by atoms with van der Waals surface area (Å²) in [5, 5.41) is 15.0. The van der Waals surface area contributed by atoms with E-state index in [0.717, 1.165) is 10.7 Å². The zero-order valence-electron chi connectivity index (χ0n) is 13.7. The molecule has 24 heavy (non-hydrogen) atoms. The minimum absolute atomic E-state index is 0.177. The number of rotatable bonds is 6. The average Bonchev–Trinajstić information content (AvgIpc) is 2.96. The highest BCUT2D eigenvalue weighted by molar-refractivity contribution is 7.16. The molecule has 7 heteroatoms. The number of fused-ring (bicyclic) bond motifs is 1. The van der Waals surface area contributed by atoms with Gasteiger partial charge in [0.05, 0.1) is 18.3 Å². The number of aryl methyl sites for hydroxylation is 1. The van der Waals surface area contributed by atoms with Gasteiger partial charge in [-0.1, -0.05) is 36.5 Å². The fraction of sp³-hybridized carbons (Fsp3) is 0.353. The van der Waals surface area contributed by atoms with E-state index in [2.05, 4.69) is 10.1 Å². The number of benzene rings is 1. The summed E-state index contributed by atoms with van der Waals surface area (Å²) in [6.07, 6.45) is 0.243. The van der Waals surface area contributed by atoms with Crippen molar-refractivity contribution >= 4 is 22.0 Å². The van der Waals surface area contributed by atoms with Crippen molar-refractivity contribution in [3.63, 3.8) is 0 Å². The number of aliphatic hydroxyl groups is 1. The lowest BCUT2D eigenvalue weighted by Gasteiger charge is -2.26. The molecule has 2 heterocycles. The lowest BCUT2D eigenvalue weighted by Crippen LogP contribution is -2.32. The Labute approximate surface area is 144 Å². The van der Waals surface area contributed by atoms with Crippen LogP contribution < -0.4 is 10.5 Å². The third kappa shape index (κ3) is 3.63. The maximum absolute atomic E-state index is 12.2.